The molecule has 12 nitrogen and oxygen atoms in total. The van der Waals surface area contributed by atoms with E-state index in [9.17, 15) is 13.7 Å². The largest absolute Gasteiger partial charge is 0.474 e. The molecule has 2 fully saturated rings. The molecule has 5 rings (SSSR count). The van der Waals surface area contributed by atoms with Crippen LogP contribution in [-0.2, 0) is 14.8 Å². The lowest BCUT2D eigenvalue weighted by atomic mass is 9.93. The molecular formula is C24H28N8O4S. The lowest BCUT2D eigenvalue weighted by Crippen LogP contribution is -2.37. The molecular weight excluding hydrogens is 496 g/mol. The highest BCUT2D eigenvalue weighted by Crippen LogP contribution is 2.33. The SMILES string of the molecule is CS(=O)(=O)Nc1cnc2cc(N3CCOCC3)nc(OC3CCC(Nc4nccnc4C#N)CC3)c2c1. The number of hydrogen-bond donors (Lipinski definition) is 2. The van der Waals surface area contributed by atoms with Gasteiger partial charge in [-0.2, -0.15) is 10.2 Å². The molecule has 0 aromatic carbocycles. The lowest BCUT2D eigenvalue weighted by molar-refractivity contribution is 0.122. The van der Waals surface area contributed by atoms with Gasteiger partial charge in [0.05, 0.1) is 42.3 Å². The standard InChI is InChI=1S/C24H28N8O4S/c1-37(33,34)31-17-12-19-20(28-15-17)13-22(32-8-10-35-11-9-32)30-24(19)36-18-4-2-16(3-5-18)29-23-21(14-25)26-6-7-27-23/h6-7,12-13,15-16,18,31H,2-5,8-11H2,1H3,(H,27,29). The number of fused-ring (bicyclic) bond motifs is 1. The van der Waals surface area contributed by atoms with Gasteiger partial charge in [-0.25, -0.2) is 18.4 Å². The van der Waals surface area contributed by atoms with Gasteiger partial charge in [0.2, 0.25) is 15.9 Å². The summed E-state index contributed by atoms with van der Waals surface area (Å²) in [7, 11) is -3.46. The summed E-state index contributed by atoms with van der Waals surface area (Å²) in [6.45, 7) is 2.68. The molecule has 0 unspecified atom stereocenters. The Hall–Kier alpha value is -3.76. The zero-order valence-electron chi connectivity index (χ0n) is 20.4. The Labute approximate surface area is 215 Å². The summed E-state index contributed by atoms with van der Waals surface area (Å²) < 4.78 is 37.9. The molecule has 1 aliphatic heterocycles. The highest BCUT2D eigenvalue weighted by Gasteiger charge is 2.25. The van der Waals surface area contributed by atoms with E-state index in [2.05, 4.69) is 36.0 Å². The molecule has 1 aliphatic carbocycles. The maximum absolute atomic E-state index is 11.8. The Morgan fingerprint density at radius 3 is 2.59 bits per heavy atom. The Bertz CT molecular complexity index is 1410. The van der Waals surface area contributed by atoms with E-state index in [1.807, 2.05) is 6.07 Å². The van der Waals surface area contributed by atoms with Crippen LogP contribution in [-0.4, -0.2) is 73.1 Å². The Morgan fingerprint density at radius 1 is 1.11 bits per heavy atom. The van der Waals surface area contributed by atoms with Crippen molar-refractivity contribution in [3.63, 3.8) is 0 Å². The zero-order valence-corrected chi connectivity index (χ0v) is 21.2. The van der Waals surface area contributed by atoms with Crippen LogP contribution in [0.3, 0.4) is 0 Å². The maximum Gasteiger partial charge on any atom is 0.229 e. The highest BCUT2D eigenvalue weighted by atomic mass is 32.2. The summed E-state index contributed by atoms with van der Waals surface area (Å²) in [4.78, 5) is 19.8. The van der Waals surface area contributed by atoms with Crippen LogP contribution in [0, 0.1) is 11.3 Å². The number of nitriles is 1. The molecule has 0 radical (unpaired) electrons. The molecule has 194 valence electrons. The van der Waals surface area contributed by atoms with Crippen LogP contribution in [0.15, 0.2) is 30.7 Å². The van der Waals surface area contributed by atoms with Crippen molar-refractivity contribution in [3.05, 3.63) is 36.4 Å². The van der Waals surface area contributed by atoms with Crippen LogP contribution < -0.4 is 19.7 Å². The third kappa shape index (κ3) is 6.15. The first-order chi connectivity index (χ1) is 17.9. The van der Waals surface area contributed by atoms with Crippen molar-refractivity contribution in [2.75, 3.05) is 47.5 Å². The normalized spacial score (nSPS) is 20.3. The molecule has 3 aromatic rings. The van der Waals surface area contributed by atoms with Crippen LogP contribution in [0.5, 0.6) is 5.88 Å². The second-order valence-electron chi connectivity index (χ2n) is 9.15. The average Bonchev–Trinajstić information content (AvgIpc) is 2.90. The molecule has 2 N–H and O–H groups in total. The molecule has 2 aliphatic rings. The Morgan fingerprint density at radius 2 is 1.86 bits per heavy atom. The van der Waals surface area contributed by atoms with Crippen LogP contribution in [0.25, 0.3) is 10.9 Å². The van der Waals surface area contributed by atoms with Crippen molar-refractivity contribution >= 4 is 38.2 Å². The van der Waals surface area contributed by atoms with E-state index >= 15 is 0 Å². The van der Waals surface area contributed by atoms with Crippen molar-refractivity contribution in [3.8, 4) is 11.9 Å². The fourth-order valence-electron chi connectivity index (χ4n) is 4.60. The second kappa shape index (κ2) is 10.7. The van der Waals surface area contributed by atoms with E-state index in [1.54, 1.807) is 12.3 Å². The fourth-order valence-corrected chi connectivity index (χ4v) is 5.14. The van der Waals surface area contributed by atoms with Gasteiger partial charge >= 0.3 is 0 Å². The van der Waals surface area contributed by atoms with Gasteiger partial charge in [-0.05, 0) is 31.7 Å². The van der Waals surface area contributed by atoms with Crippen LogP contribution in [0.1, 0.15) is 31.4 Å². The smallest absolute Gasteiger partial charge is 0.229 e. The van der Waals surface area contributed by atoms with Crippen LogP contribution in [0.2, 0.25) is 0 Å². The molecule has 1 saturated carbocycles. The predicted octanol–water partition coefficient (Wildman–Crippen LogP) is 2.30. The number of pyridine rings is 2. The first-order valence-electron chi connectivity index (χ1n) is 12.1. The molecule has 37 heavy (non-hydrogen) atoms. The van der Waals surface area contributed by atoms with E-state index in [4.69, 9.17) is 14.5 Å². The minimum absolute atomic E-state index is 0.0718. The van der Waals surface area contributed by atoms with Gasteiger partial charge in [0.25, 0.3) is 0 Å². The van der Waals surface area contributed by atoms with E-state index < -0.39 is 10.0 Å². The first-order valence-corrected chi connectivity index (χ1v) is 14.0. The zero-order chi connectivity index (χ0) is 25.8. The predicted molar refractivity (Wildman–Crippen MR) is 138 cm³/mol. The van der Waals surface area contributed by atoms with Crippen molar-refractivity contribution in [1.29, 1.82) is 5.26 Å². The number of morpholine rings is 1. The summed E-state index contributed by atoms with van der Waals surface area (Å²) in [6.07, 6.45) is 8.80. The van der Waals surface area contributed by atoms with Gasteiger partial charge < -0.3 is 19.7 Å². The molecule has 0 spiro atoms. The number of aromatic nitrogens is 4. The maximum atomic E-state index is 11.8. The summed E-state index contributed by atoms with van der Waals surface area (Å²) in [6, 6.07) is 5.82. The fraction of sp³-hybridized carbons (Fsp3) is 0.458. The Kier molecular flexibility index (Phi) is 7.20. The van der Waals surface area contributed by atoms with Crippen molar-refractivity contribution in [1.82, 2.24) is 19.9 Å². The van der Waals surface area contributed by atoms with Gasteiger partial charge in [-0.1, -0.05) is 0 Å². The van der Waals surface area contributed by atoms with Gasteiger partial charge in [0, 0.05) is 37.6 Å². The van der Waals surface area contributed by atoms with Crippen LogP contribution in [0.4, 0.5) is 17.3 Å². The molecule has 13 heteroatoms. The number of ether oxygens (including phenoxy) is 2. The van der Waals surface area contributed by atoms with Crippen molar-refractivity contribution < 1.29 is 17.9 Å². The lowest BCUT2D eigenvalue weighted by Gasteiger charge is -2.31. The second-order valence-corrected chi connectivity index (χ2v) is 10.9. The monoisotopic (exact) mass is 524 g/mol. The van der Waals surface area contributed by atoms with E-state index in [-0.39, 0.29) is 17.8 Å². The number of rotatable bonds is 7. The molecule has 3 aromatic heterocycles. The number of sulfonamides is 1. The number of anilines is 3. The van der Waals surface area contributed by atoms with Gasteiger partial charge in [-0.15, -0.1) is 0 Å². The van der Waals surface area contributed by atoms with Crippen LogP contribution >= 0.6 is 0 Å². The Balaban J connectivity index is 1.36. The topological polar surface area (TPSA) is 155 Å². The van der Waals surface area contributed by atoms with Crippen molar-refractivity contribution in [2.24, 2.45) is 0 Å². The average molecular weight is 525 g/mol. The first kappa shape index (κ1) is 24.9. The molecule has 0 atom stereocenters. The molecule has 0 bridgehead atoms. The highest BCUT2D eigenvalue weighted by molar-refractivity contribution is 7.92. The minimum Gasteiger partial charge on any atom is -0.474 e. The summed E-state index contributed by atoms with van der Waals surface area (Å²) in [5.41, 5.74) is 1.31. The van der Waals surface area contributed by atoms with E-state index in [0.29, 0.717) is 41.5 Å². The number of nitrogens with zero attached hydrogens (tertiary/aromatic N) is 6. The van der Waals surface area contributed by atoms with Gasteiger partial charge in [0.15, 0.2) is 11.5 Å². The van der Waals surface area contributed by atoms with Gasteiger partial charge in [0.1, 0.15) is 18.0 Å². The molecule has 4 heterocycles. The summed E-state index contributed by atoms with van der Waals surface area (Å²) >= 11 is 0. The molecule has 1 saturated heterocycles. The third-order valence-electron chi connectivity index (χ3n) is 6.37. The van der Waals surface area contributed by atoms with E-state index in [1.165, 1.54) is 12.4 Å². The number of hydrogen-bond acceptors (Lipinski definition) is 11. The summed E-state index contributed by atoms with van der Waals surface area (Å²) in [5, 5.41) is 13.2. The van der Waals surface area contributed by atoms with Gasteiger partial charge in [-0.3, -0.25) is 9.71 Å². The van der Waals surface area contributed by atoms with E-state index in [0.717, 1.165) is 50.8 Å². The third-order valence-corrected chi connectivity index (χ3v) is 6.97. The molecule has 0 amide bonds. The minimum atomic E-state index is -3.46. The van der Waals surface area contributed by atoms with Crippen molar-refractivity contribution in [2.45, 2.75) is 37.8 Å². The summed E-state index contributed by atoms with van der Waals surface area (Å²) in [5.74, 6) is 1.68. The quantitative estimate of drug-likeness (QED) is 0.467. The number of nitrogens with one attached hydrogen (secondary N) is 2.